The van der Waals surface area contributed by atoms with Crippen molar-refractivity contribution in [2.75, 3.05) is 11.9 Å². The first kappa shape index (κ1) is 26.5. The Labute approximate surface area is 214 Å². The van der Waals surface area contributed by atoms with Gasteiger partial charge >= 0.3 is 11.6 Å². The van der Waals surface area contributed by atoms with Crippen molar-refractivity contribution in [3.63, 3.8) is 0 Å². The monoisotopic (exact) mass is 514 g/mol. The number of nitro groups is 1. The summed E-state index contributed by atoms with van der Waals surface area (Å²) in [6, 6.07) is 5.74. The number of para-hydroxylation sites is 1. The number of rotatable bonds is 7. The van der Waals surface area contributed by atoms with Gasteiger partial charge in [-0.05, 0) is 34.8 Å². The molecule has 0 radical (unpaired) electrons. The van der Waals surface area contributed by atoms with Gasteiger partial charge in [-0.15, -0.1) is 0 Å². The van der Waals surface area contributed by atoms with E-state index in [9.17, 15) is 29.3 Å². The van der Waals surface area contributed by atoms with Crippen LogP contribution in [0.5, 0.6) is 0 Å². The third-order valence-electron chi connectivity index (χ3n) is 9.08. The Bertz CT molecular complexity index is 1210. The molecule has 12 nitrogen and oxygen atoms in total. The number of hydrogen-bond acceptors (Lipinski definition) is 7. The standard InChI is InChI=1S/C25H34N6O6/c1-22(2,3)17(26)20(34)30-11-16-23(4,5)24(16,25(30,21(28)35)31(36)37)14(18(27)32)10-13-12-8-6-7-9-15(12)29-19(13)33/h6-9,13-14,16-17H,10-11,26H2,1-5H3,(H2,27,32)(H2,28,35)(H,29,33)/t13?,14?,16-,17?,24-,25+/m0/s1. The molecule has 2 aliphatic heterocycles. The average molecular weight is 515 g/mol. The van der Waals surface area contributed by atoms with E-state index in [1.54, 1.807) is 58.9 Å². The van der Waals surface area contributed by atoms with Crippen molar-refractivity contribution < 1.29 is 24.1 Å². The number of anilines is 1. The maximum absolute atomic E-state index is 13.6. The lowest BCUT2D eigenvalue weighted by Crippen LogP contribution is -2.72. The van der Waals surface area contributed by atoms with Crippen LogP contribution in [-0.4, -0.2) is 51.7 Å². The minimum absolute atomic E-state index is 0.186. The van der Waals surface area contributed by atoms with E-state index in [1.165, 1.54) is 0 Å². The molecule has 4 rings (SSSR count). The molecule has 1 aromatic carbocycles. The summed E-state index contributed by atoms with van der Waals surface area (Å²) in [7, 11) is 0. The van der Waals surface area contributed by atoms with Crippen LogP contribution in [0.4, 0.5) is 5.69 Å². The Balaban J connectivity index is 1.90. The number of nitrogens with one attached hydrogen (secondary N) is 1. The average Bonchev–Trinajstić information content (AvgIpc) is 3.06. The topological polar surface area (TPSA) is 205 Å². The maximum Gasteiger partial charge on any atom is 0.383 e. The SMILES string of the molecule is CC(C)(C)C(N)C(=O)N1C[C@H]2C(C)(C)[C@@]2(C(CC2C(=O)Nc3ccccc32)C(N)=O)[C@@]1(C(N)=O)[N+](=O)[O-]. The van der Waals surface area contributed by atoms with Crippen molar-refractivity contribution in [1.82, 2.24) is 4.90 Å². The van der Waals surface area contributed by atoms with Crippen LogP contribution in [-0.2, 0) is 19.2 Å². The highest BCUT2D eigenvalue weighted by atomic mass is 16.6. The Morgan fingerprint density at radius 2 is 1.81 bits per heavy atom. The molecule has 12 heteroatoms. The molecule has 0 aromatic heterocycles. The number of carbonyl (C=O) groups is 4. The van der Waals surface area contributed by atoms with Crippen LogP contribution in [0.1, 0.15) is 52.5 Å². The number of nitrogens with two attached hydrogens (primary N) is 3. The molecule has 4 amide bonds. The predicted octanol–water partition coefficient (Wildman–Crippen LogP) is 0.530. The van der Waals surface area contributed by atoms with Crippen molar-refractivity contribution >= 4 is 29.3 Å². The molecule has 7 N–H and O–H groups in total. The Kier molecular flexibility index (Phi) is 5.72. The van der Waals surface area contributed by atoms with E-state index in [1.807, 2.05) is 0 Å². The van der Waals surface area contributed by atoms with Gasteiger partial charge in [-0.2, -0.15) is 0 Å². The van der Waals surface area contributed by atoms with Gasteiger partial charge in [0, 0.05) is 12.2 Å². The summed E-state index contributed by atoms with van der Waals surface area (Å²) in [6.45, 7) is 8.30. The fourth-order valence-corrected chi connectivity index (χ4v) is 7.18. The molecule has 0 bridgehead atoms. The van der Waals surface area contributed by atoms with Crippen LogP contribution in [0.15, 0.2) is 24.3 Å². The summed E-state index contributed by atoms with van der Waals surface area (Å²) in [5.74, 6) is -6.29. The highest BCUT2D eigenvalue weighted by molar-refractivity contribution is 6.03. The number of fused-ring (bicyclic) bond motifs is 2. The van der Waals surface area contributed by atoms with Gasteiger partial charge in [0.1, 0.15) is 0 Å². The molecule has 1 aromatic rings. The number of hydrogen-bond donors (Lipinski definition) is 4. The number of carbonyl (C=O) groups excluding carboxylic acids is 4. The van der Waals surface area contributed by atoms with Crippen LogP contribution in [0, 0.1) is 38.2 Å². The number of benzene rings is 1. The quantitative estimate of drug-likeness (QED) is 0.300. The van der Waals surface area contributed by atoms with E-state index in [-0.39, 0.29) is 18.9 Å². The van der Waals surface area contributed by atoms with Crippen LogP contribution in [0.3, 0.4) is 0 Å². The molecule has 37 heavy (non-hydrogen) atoms. The van der Waals surface area contributed by atoms with Crippen molar-refractivity contribution in [2.24, 2.45) is 45.3 Å². The largest absolute Gasteiger partial charge is 0.383 e. The number of amides is 4. The Morgan fingerprint density at radius 3 is 2.32 bits per heavy atom. The Hall–Kier alpha value is -3.54. The van der Waals surface area contributed by atoms with Crippen LogP contribution in [0.25, 0.3) is 0 Å². The van der Waals surface area contributed by atoms with Gasteiger partial charge in [0.05, 0.1) is 28.2 Å². The van der Waals surface area contributed by atoms with Crippen molar-refractivity contribution in [3.8, 4) is 0 Å². The Morgan fingerprint density at radius 1 is 1.22 bits per heavy atom. The van der Waals surface area contributed by atoms with E-state index < -0.39 is 68.3 Å². The third kappa shape index (κ3) is 3.17. The van der Waals surface area contributed by atoms with Crippen LogP contribution < -0.4 is 22.5 Å². The smallest absolute Gasteiger partial charge is 0.369 e. The van der Waals surface area contributed by atoms with Gasteiger partial charge in [0.25, 0.3) is 0 Å². The molecular weight excluding hydrogens is 480 g/mol. The molecule has 2 fully saturated rings. The van der Waals surface area contributed by atoms with Gasteiger partial charge in [0.2, 0.25) is 17.7 Å². The molecule has 6 atom stereocenters. The molecule has 3 unspecified atom stereocenters. The molecule has 1 saturated heterocycles. The third-order valence-corrected chi connectivity index (χ3v) is 9.08. The fourth-order valence-electron chi connectivity index (χ4n) is 7.18. The first-order valence-corrected chi connectivity index (χ1v) is 12.2. The molecule has 1 aliphatic carbocycles. The van der Waals surface area contributed by atoms with Crippen molar-refractivity contribution in [2.45, 2.75) is 58.7 Å². The van der Waals surface area contributed by atoms with Gasteiger partial charge in [-0.25, -0.2) is 0 Å². The molecule has 1 saturated carbocycles. The summed E-state index contributed by atoms with van der Waals surface area (Å²) >= 11 is 0. The zero-order valence-corrected chi connectivity index (χ0v) is 21.6. The summed E-state index contributed by atoms with van der Waals surface area (Å²) < 4.78 is 0. The van der Waals surface area contributed by atoms with Crippen molar-refractivity contribution in [1.29, 1.82) is 0 Å². The lowest BCUT2D eigenvalue weighted by Gasteiger charge is -2.42. The number of primary amides is 2. The normalized spacial score (nSPS) is 31.1. The lowest BCUT2D eigenvalue weighted by molar-refractivity contribution is -0.592. The van der Waals surface area contributed by atoms with E-state index in [0.29, 0.717) is 11.3 Å². The van der Waals surface area contributed by atoms with Crippen molar-refractivity contribution in [3.05, 3.63) is 39.9 Å². The minimum atomic E-state index is -2.78. The first-order chi connectivity index (χ1) is 17.0. The molecule has 200 valence electrons. The van der Waals surface area contributed by atoms with E-state index in [2.05, 4.69) is 5.32 Å². The molecule has 3 aliphatic rings. The molecule has 2 heterocycles. The highest BCUT2D eigenvalue weighted by Gasteiger charge is 2.96. The summed E-state index contributed by atoms with van der Waals surface area (Å²) in [6.07, 6.45) is -0.186. The summed E-state index contributed by atoms with van der Waals surface area (Å²) in [5, 5.41) is 15.7. The second-order valence-corrected chi connectivity index (χ2v) is 12.0. The van der Waals surface area contributed by atoms with Gasteiger partial charge in [-0.3, -0.25) is 34.2 Å². The second kappa shape index (κ2) is 7.98. The van der Waals surface area contributed by atoms with Gasteiger partial charge in [0.15, 0.2) is 0 Å². The maximum atomic E-state index is 13.6. The summed E-state index contributed by atoms with van der Waals surface area (Å²) in [5.41, 5.74) is 12.8. The summed E-state index contributed by atoms with van der Waals surface area (Å²) in [4.78, 5) is 65.8. The predicted molar refractivity (Wildman–Crippen MR) is 133 cm³/mol. The second-order valence-electron chi connectivity index (χ2n) is 12.0. The van der Waals surface area contributed by atoms with E-state index in [0.717, 1.165) is 4.90 Å². The zero-order valence-electron chi connectivity index (χ0n) is 21.6. The van der Waals surface area contributed by atoms with Gasteiger partial charge < -0.3 is 22.5 Å². The van der Waals surface area contributed by atoms with E-state index >= 15 is 0 Å². The minimum Gasteiger partial charge on any atom is -0.369 e. The van der Waals surface area contributed by atoms with E-state index in [4.69, 9.17) is 17.2 Å². The van der Waals surface area contributed by atoms with Crippen LogP contribution in [0.2, 0.25) is 0 Å². The van der Waals surface area contributed by atoms with Crippen LogP contribution >= 0.6 is 0 Å². The first-order valence-electron chi connectivity index (χ1n) is 12.2. The fraction of sp³-hybridized carbons (Fsp3) is 0.600. The highest BCUT2D eigenvalue weighted by Crippen LogP contribution is 2.82. The number of likely N-dealkylation sites (tertiary alicyclic amines) is 1. The van der Waals surface area contributed by atoms with Gasteiger partial charge in [-0.1, -0.05) is 52.8 Å². The molecular formula is C25H34N6O6. The number of piperidine rings is 1. The molecule has 0 spiro atoms. The lowest BCUT2D eigenvalue weighted by atomic mass is 9.68. The zero-order chi connectivity index (χ0) is 27.9. The number of nitrogens with zero attached hydrogens (tertiary/aromatic N) is 2.